The van der Waals surface area contributed by atoms with E-state index in [0.717, 1.165) is 0 Å². The van der Waals surface area contributed by atoms with Gasteiger partial charge in [0, 0.05) is 13.1 Å². The van der Waals surface area contributed by atoms with Gasteiger partial charge in [0.05, 0.1) is 0 Å². The first-order chi connectivity index (χ1) is 5.43. The maximum atomic E-state index is 2.51. The molecule has 0 aliphatic carbocycles. The molecule has 0 N–H and O–H groups in total. The van der Waals surface area contributed by atoms with Gasteiger partial charge in [0.2, 0.25) is 0 Å². The lowest BCUT2D eigenvalue weighted by atomic mass is 10.1. The van der Waals surface area contributed by atoms with Crippen molar-refractivity contribution < 1.29 is 0 Å². The van der Waals surface area contributed by atoms with Crippen molar-refractivity contribution in [3.8, 4) is 0 Å². The van der Waals surface area contributed by atoms with Gasteiger partial charge in [-0.25, -0.2) is 0 Å². The van der Waals surface area contributed by atoms with Crippen molar-refractivity contribution in [2.45, 2.75) is 45.4 Å². The number of rotatable bonds is 7. The second kappa shape index (κ2) is 5.59. The van der Waals surface area contributed by atoms with E-state index >= 15 is 0 Å². The molecule has 1 aliphatic rings. The van der Waals surface area contributed by atoms with Crippen LogP contribution >= 0.6 is 0 Å². The molecule has 1 rings (SSSR count). The Labute approximate surface area is 70.8 Å². The lowest BCUT2D eigenvalue weighted by Gasteiger charge is -2.00. The zero-order chi connectivity index (χ0) is 7.94. The van der Waals surface area contributed by atoms with E-state index in [4.69, 9.17) is 0 Å². The minimum Gasteiger partial charge on any atom is -0.301 e. The van der Waals surface area contributed by atoms with Crippen LogP contribution in [0.1, 0.15) is 45.4 Å². The van der Waals surface area contributed by atoms with E-state index in [1.807, 2.05) is 0 Å². The van der Waals surface area contributed by atoms with Crippen molar-refractivity contribution in [3.63, 3.8) is 0 Å². The van der Waals surface area contributed by atoms with Crippen LogP contribution in [0.25, 0.3) is 0 Å². The number of hydrogen-bond acceptors (Lipinski definition) is 1. The third kappa shape index (κ3) is 5.25. The summed E-state index contributed by atoms with van der Waals surface area (Å²) in [5.41, 5.74) is 0. The monoisotopic (exact) mass is 155 g/mol. The Morgan fingerprint density at radius 2 is 1.55 bits per heavy atom. The summed E-state index contributed by atoms with van der Waals surface area (Å²) in [6.45, 7) is 6.38. The van der Waals surface area contributed by atoms with Crippen molar-refractivity contribution in [2.24, 2.45) is 0 Å². The molecular weight excluding hydrogens is 134 g/mol. The normalized spacial score (nSPS) is 17.2. The molecule has 0 radical (unpaired) electrons. The third-order valence-corrected chi connectivity index (χ3v) is 2.37. The van der Waals surface area contributed by atoms with E-state index in [1.165, 1.54) is 58.2 Å². The van der Waals surface area contributed by atoms with Gasteiger partial charge in [0.1, 0.15) is 0 Å². The highest BCUT2D eigenvalue weighted by atomic mass is 15.2. The van der Waals surface area contributed by atoms with Gasteiger partial charge in [-0.2, -0.15) is 0 Å². The molecule has 1 heteroatoms. The van der Waals surface area contributed by atoms with Crippen LogP contribution in [-0.2, 0) is 0 Å². The van der Waals surface area contributed by atoms with E-state index < -0.39 is 0 Å². The van der Waals surface area contributed by atoms with Crippen LogP contribution in [0.5, 0.6) is 0 Å². The number of unbranched alkanes of at least 4 members (excludes halogenated alkanes) is 5. The summed E-state index contributed by atoms with van der Waals surface area (Å²) in [6, 6.07) is 0. The average Bonchev–Trinajstić information content (AvgIpc) is 2.80. The second-order valence-corrected chi connectivity index (χ2v) is 3.61. The summed E-state index contributed by atoms with van der Waals surface area (Å²) < 4.78 is 0. The van der Waals surface area contributed by atoms with Gasteiger partial charge in [-0.05, 0) is 13.0 Å². The zero-order valence-corrected chi connectivity index (χ0v) is 7.81. The van der Waals surface area contributed by atoms with Gasteiger partial charge < -0.3 is 4.90 Å². The lowest BCUT2D eigenvalue weighted by molar-refractivity contribution is 0.501. The molecule has 1 heterocycles. The first kappa shape index (κ1) is 9.05. The summed E-state index contributed by atoms with van der Waals surface area (Å²) in [4.78, 5) is 2.51. The maximum Gasteiger partial charge on any atom is 0.0110 e. The zero-order valence-electron chi connectivity index (χ0n) is 7.81. The van der Waals surface area contributed by atoms with Crippen molar-refractivity contribution >= 4 is 0 Å². The van der Waals surface area contributed by atoms with Crippen LogP contribution in [0.4, 0.5) is 0 Å². The van der Waals surface area contributed by atoms with Crippen LogP contribution < -0.4 is 0 Å². The van der Waals surface area contributed by atoms with E-state index in [0.29, 0.717) is 0 Å². The Morgan fingerprint density at radius 3 is 2.18 bits per heavy atom. The molecule has 0 spiro atoms. The molecule has 0 saturated carbocycles. The minimum atomic E-state index is 1.37. The van der Waals surface area contributed by atoms with Crippen LogP contribution in [-0.4, -0.2) is 24.5 Å². The van der Waals surface area contributed by atoms with Crippen LogP contribution in [0, 0.1) is 0 Å². The highest BCUT2D eigenvalue weighted by Crippen LogP contribution is 2.09. The Morgan fingerprint density at radius 1 is 0.909 bits per heavy atom. The Kier molecular flexibility index (Phi) is 4.60. The van der Waals surface area contributed by atoms with Crippen LogP contribution in [0.15, 0.2) is 0 Å². The minimum absolute atomic E-state index is 1.37. The maximum absolute atomic E-state index is 2.51. The molecule has 0 amide bonds. The predicted molar refractivity (Wildman–Crippen MR) is 49.8 cm³/mol. The summed E-state index contributed by atoms with van der Waals surface area (Å²) in [5.74, 6) is 0. The molecule has 0 aromatic heterocycles. The molecule has 1 nitrogen and oxygen atoms in total. The van der Waals surface area contributed by atoms with Gasteiger partial charge in [-0.15, -0.1) is 0 Å². The molecule has 0 aromatic carbocycles. The van der Waals surface area contributed by atoms with Gasteiger partial charge in [-0.3, -0.25) is 0 Å². The van der Waals surface area contributed by atoms with E-state index in [9.17, 15) is 0 Å². The molecule has 1 fully saturated rings. The first-order valence-electron chi connectivity index (χ1n) is 5.16. The van der Waals surface area contributed by atoms with Crippen molar-refractivity contribution in [1.82, 2.24) is 4.90 Å². The average molecular weight is 155 g/mol. The van der Waals surface area contributed by atoms with Crippen molar-refractivity contribution in [3.05, 3.63) is 0 Å². The highest BCUT2D eigenvalue weighted by molar-refractivity contribution is 4.71. The number of nitrogens with zero attached hydrogens (tertiary/aromatic N) is 1. The van der Waals surface area contributed by atoms with Crippen molar-refractivity contribution in [1.29, 1.82) is 0 Å². The topological polar surface area (TPSA) is 3.01 Å². The predicted octanol–water partition coefficient (Wildman–Crippen LogP) is 2.66. The quantitative estimate of drug-likeness (QED) is 0.403. The summed E-state index contributed by atoms with van der Waals surface area (Å²) >= 11 is 0. The molecule has 0 atom stereocenters. The van der Waals surface area contributed by atoms with Crippen LogP contribution in [0.2, 0.25) is 0 Å². The summed E-state index contributed by atoms with van der Waals surface area (Å²) in [7, 11) is 0. The third-order valence-electron chi connectivity index (χ3n) is 2.37. The molecule has 0 bridgehead atoms. The standard InChI is InChI=1S/C10H21N/c1-2-3-4-5-6-7-8-11-9-10-11/h2-10H2,1H3. The molecule has 66 valence electrons. The fourth-order valence-electron chi connectivity index (χ4n) is 1.41. The largest absolute Gasteiger partial charge is 0.301 e. The van der Waals surface area contributed by atoms with E-state index in [2.05, 4.69) is 11.8 Å². The molecule has 0 aromatic rings. The van der Waals surface area contributed by atoms with Crippen LogP contribution in [0.3, 0.4) is 0 Å². The smallest absolute Gasteiger partial charge is 0.0110 e. The highest BCUT2D eigenvalue weighted by Gasteiger charge is 2.14. The molecule has 1 saturated heterocycles. The lowest BCUT2D eigenvalue weighted by Crippen LogP contribution is -1.98. The summed E-state index contributed by atoms with van der Waals surface area (Å²) in [5, 5.41) is 0. The summed E-state index contributed by atoms with van der Waals surface area (Å²) in [6.07, 6.45) is 8.61. The second-order valence-electron chi connectivity index (χ2n) is 3.61. The first-order valence-corrected chi connectivity index (χ1v) is 5.16. The molecular formula is C10H21N. The Hall–Kier alpha value is -0.0400. The Bertz CT molecular complexity index is 86.9. The van der Waals surface area contributed by atoms with Gasteiger partial charge in [0.15, 0.2) is 0 Å². The molecule has 1 aliphatic heterocycles. The van der Waals surface area contributed by atoms with Gasteiger partial charge in [0.25, 0.3) is 0 Å². The molecule has 0 unspecified atom stereocenters. The Balaban J connectivity index is 1.66. The van der Waals surface area contributed by atoms with Gasteiger partial charge in [-0.1, -0.05) is 39.0 Å². The fraction of sp³-hybridized carbons (Fsp3) is 1.00. The SMILES string of the molecule is CCCCCCCCN1CC1. The van der Waals surface area contributed by atoms with Gasteiger partial charge >= 0.3 is 0 Å². The fourth-order valence-corrected chi connectivity index (χ4v) is 1.41. The van der Waals surface area contributed by atoms with E-state index in [-0.39, 0.29) is 0 Å². The van der Waals surface area contributed by atoms with E-state index in [1.54, 1.807) is 0 Å². The number of hydrogen-bond donors (Lipinski definition) is 0. The van der Waals surface area contributed by atoms with Crippen molar-refractivity contribution in [2.75, 3.05) is 19.6 Å². The molecule has 11 heavy (non-hydrogen) atoms.